The zero-order valence-electron chi connectivity index (χ0n) is 14.0. The lowest BCUT2D eigenvalue weighted by molar-refractivity contribution is -0.113. The van der Waals surface area contributed by atoms with Crippen LogP contribution in [0.15, 0.2) is 58.5 Å². The maximum Gasteiger partial charge on any atom is 0.262 e. The number of rotatable bonds is 5. The fraction of sp³-hybridized carbons (Fsp3) is 0.0556. The van der Waals surface area contributed by atoms with Crippen LogP contribution < -0.4 is 10.9 Å². The van der Waals surface area contributed by atoms with E-state index >= 15 is 0 Å². The van der Waals surface area contributed by atoms with Crippen LogP contribution in [0, 0.1) is 0 Å². The lowest BCUT2D eigenvalue weighted by atomic mass is 10.3. The van der Waals surface area contributed by atoms with Crippen LogP contribution >= 0.6 is 46.6 Å². The molecule has 2 N–H and O–H groups in total. The number of nitrogens with one attached hydrogen (secondary N) is 1. The van der Waals surface area contributed by atoms with E-state index in [0.29, 0.717) is 26.4 Å². The van der Waals surface area contributed by atoms with Crippen molar-refractivity contribution in [1.82, 2.24) is 9.55 Å². The molecule has 1 aromatic heterocycles. The summed E-state index contributed by atoms with van der Waals surface area (Å²) in [5.41, 5.74) is 0.430. The predicted octanol–water partition coefficient (Wildman–Crippen LogP) is 4.63. The minimum absolute atomic E-state index is 0.0670. The van der Waals surface area contributed by atoms with E-state index in [9.17, 15) is 14.7 Å². The van der Waals surface area contributed by atoms with Crippen LogP contribution in [-0.4, -0.2) is 26.3 Å². The molecule has 0 radical (unpaired) electrons. The van der Waals surface area contributed by atoms with Crippen molar-refractivity contribution in [1.29, 1.82) is 0 Å². The van der Waals surface area contributed by atoms with Crippen molar-refractivity contribution in [2.75, 3.05) is 11.1 Å². The fourth-order valence-electron chi connectivity index (χ4n) is 2.28. The Bertz CT molecular complexity index is 1090. The van der Waals surface area contributed by atoms with E-state index in [4.69, 9.17) is 34.8 Å². The van der Waals surface area contributed by atoms with Crippen molar-refractivity contribution in [2.24, 2.45) is 0 Å². The van der Waals surface area contributed by atoms with Gasteiger partial charge in [0.05, 0.1) is 28.2 Å². The average molecular weight is 457 g/mol. The molecule has 28 heavy (non-hydrogen) atoms. The van der Waals surface area contributed by atoms with Gasteiger partial charge in [0.2, 0.25) is 11.8 Å². The van der Waals surface area contributed by atoms with Crippen molar-refractivity contribution in [3.63, 3.8) is 0 Å². The van der Waals surface area contributed by atoms with Crippen molar-refractivity contribution < 1.29 is 9.90 Å². The SMILES string of the molecule is O=C(CSc1nc(O)cc(=O)n1-c1ccc(Cl)cc1)Nc1ccc(Cl)cc1Cl. The summed E-state index contributed by atoms with van der Waals surface area (Å²) >= 11 is 18.8. The van der Waals surface area contributed by atoms with Crippen molar-refractivity contribution in [2.45, 2.75) is 5.16 Å². The van der Waals surface area contributed by atoms with Crippen LogP contribution in [0.2, 0.25) is 15.1 Å². The quantitative estimate of drug-likeness (QED) is 0.432. The molecular formula is C18H12Cl3N3O3S. The summed E-state index contributed by atoms with van der Waals surface area (Å²) in [6, 6.07) is 12.2. The summed E-state index contributed by atoms with van der Waals surface area (Å²) in [6.45, 7) is 0. The van der Waals surface area contributed by atoms with Gasteiger partial charge in [-0.05, 0) is 42.5 Å². The lowest BCUT2D eigenvalue weighted by Gasteiger charge is -2.12. The number of aromatic hydroxyl groups is 1. The molecule has 0 atom stereocenters. The molecule has 0 unspecified atom stereocenters. The smallest absolute Gasteiger partial charge is 0.262 e. The van der Waals surface area contributed by atoms with Gasteiger partial charge >= 0.3 is 0 Å². The molecule has 10 heteroatoms. The Balaban J connectivity index is 1.81. The van der Waals surface area contributed by atoms with Gasteiger partial charge in [-0.2, -0.15) is 4.98 Å². The second-order valence-corrected chi connectivity index (χ2v) is 7.73. The largest absolute Gasteiger partial charge is 0.493 e. The first-order chi connectivity index (χ1) is 13.3. The summed E-state index contributed by atoms with van der Waals surface area (Å²) in [5, 5.41) is 13.8. The Hall–Kier alpha value is -2.19. The first kappa shape index (κ1) is 20.5. The molecule has 3 rings (SSSR count). The fourth-order valence-corrected chi connectivity index (χ4v) is 3.68. The molecule has 0 bridgehead atoms. The number of hydrogen-bond donors (Lipinski definition) is 2. The average Bonchev–Trinajstić information content (AvgIpc) is 2.63. The van der Waals surface area contributed by atoms with Gasteiger partial charge in [-0.25, -0.2) is 0 Å². The number of carbonyl (C=O) groups is 1. The summed E-state index contributed by atoms with van der Waals surface area (Å²) < 4.78 is 1.28. The standard InChI is InChI=1S/C18H12Cl3N3O3S/c19-10-1-4-12(5-2-10)24-17(27)8-15(25)23-18(24)28-9-16(26)22-14-6-3-11(20)7-13(14)21/h1-8,25H,9H2,(H,22,26). The lowest BCUT2D eigenvalue weighted by Crippen LogP contribution is -2.21. The number of anilines is 1. The van der Waals surface area contributed by atoms with Crippen LogP contribution in [0.5, 0.6) is 5.88 Å². The zero-order valence-corrected chi connectivity index (χ0v) is 17.1. The number of carbonyl (C=O) groups excluding carboxylic acids is 1. The maximum atomic E-state index is 12.3. The number of benzene rings is 2. The van der Waals surface area contributed by atoms with E-state index in [-0.39, 0.29) is 16.8 Å². The van der Waals surface area contributed by atoms with Crippen molar-refractivity contribution >= 4 is 58.2 Å². The number of amides is 1. The minimum Gasteiger partial charge on any atom is -0.493 e. The van der Waals surface area contributed by atoms with Gasteiger partial charge in [0.25, 0.3) is 5.56 Å². The molecule has 0 spiro atoms. The molecule has 0 aliphatic carbocycles. The third kappa shape index (κ3) is 4.99. The van der Waals surface area contributed by atoms with E-state index in [0.717, 1.165) is 17.8 Å². The topological polar surface area (TPSA) is 84.2 Å². The van der Waals surface area contributed by atoms with Crippen LogP contribution in [0.3, 0.4) is 0 Å². The molecule has 0 fully saturated rings. The molecule has 3 aromatic rings. The van der Waals surface area contributed by atoms with Crippen LogP contribution in [-0.2, 0) is 4.79 Å². The van der Waals surface area contributed by atoms with Gasteiger partial charge in [0, 0.05) is 10.0 Å². The Labute approximate surface area is 179 Å². The Morgan fingerprint density at radius 1 is 1.07 bits per heavy atom. The highest BCUT2D eigenvalue weighted by Gasteiger charge is 2.14. The van der Waals surface area contributed by atoms with Crippen molar-refractivity contribution in [3.05, 3.63) is 74.0 Å². The molecule has 0 saturated heterocycles. The molecule has 0 aliphatic heterocycles. The van der Waals surface area contributed by atoms with E-state index in [1.807, 2.05) is 0 Å². The molecule has 1 amide bonds. The zero-order chi connectivity index (χ0) is 20.3. The van der Waals surface area contributed by atoms with E-state index in [2.05, 4.69) is 10.3 Å². The van der Waals surface area contributed by atoms with Crippen molar-refractivity contribution in [3.8, 4) is 11.6 Å². The summed E-state index contributed by atoms with van der Waals surface area (Å²) in [5.74, 6) is -0.865. The number of hydrogen-bond acceptors (Lipinski definition) is 5. The number of nitrogens with zero attached hydrogens (tertiary/aromatic N) is 2. The third-order valence-electron chi connectivity index (χ3n) is 3.50. The van der Waals surface area contributed by atoms with E-state index < -0.39 is 11.4 Å². The summed E-state index contributed by atoms with van der Waals surface area (Å²) in [7, 11) is 0. The van der Waals surface area contributed by atoms with Gasteiger partial charge in [0.1, 0.15) is 0 Å². The second-order valence-electron chi connectivity index (χ2n) is 5.51. The minimum atomic E-state index is -0.488. The van der Waals surface area contributed by atoms with Crippen LogP contribution in [0.25, 0.3) is 5.69 Å². The second kappa shape index (κ2) is 8.87. The molecule has 1 heterocycles. The third-order valence-corrected chi connectivity index (χ3v) is 5.24. The first-order valence-electron chi connectivity index (χ1n) is 7.80. The van der Waals surface area contributed by atoms with Crippen LogP contribution in [0.4, 0.5) is 5.69 Å². The molecule has 6 nitrogen and oxygen atoms in total. The highest BCUT2D eigenvalue weighted by molar-refractivity contribution is 7.99. The van der Waals surface area contributed by atoms with Gasteiger partial charge in [-0.1, -0.05) is 46.6 Å². The number of thioether (sulfide) groups is 1. The normalized spacial score (nSPS) is 10.7. The van der Waals surface area contributed by atoms with E-state index in [1.54, 1.807) is 36.4 Å². The highest BCUT2D eigenvalue weighted by Crippen LogP contribution is 2.26. The monoisotopic (exact) mass is 455 g/mol. The van der Waals surface area contributed by atoms with Gasteiger partial charge in [-0.15, -0.1) is 0 Å². The van der Waals surface area contributed by atoms with Gasteiger partial charge < -0.3 is 10.4 Å². The molecule has 144 valence electrons. The summed E-state index contributed by atoms with van der Waals surface area (Å²) in [6.07, 6.45) is 0. The Kier molecular flexibility index (Phi) is 6.51. The molecule has 0 saturated carbocycles. The first-order valence-corrected chi connectivity index (χ1v) is 9.92. The summed E-state index contributed by atoms with van der Waals surface area (Å²) in [4.78, 5) is 28.6. The molecule has 0 aliphatic rings. The number of halogens is 3. The molecular weight excluding hydrogens is 445 g/mol. The van der Waals surface area contributed by atoms with Gasteiger partial charge in [0.15, 0.2) is 5.16 Å². The predicted molar refractivity (Wildman–Crippen MR) is 112 cm³/mol. The Morgan fingerprint density at radius 3 is 2.43 bits per heavy atom. The Morgan fingerprint density at radius 2 is 1.75 bits per heavy atom. The highest BCUT2D eigenvalue weighted by atomic mass is 35.5. The van der Waals surface area contributed by atoms with Crippen LogP contribution in [0.1, 0.15) is 0 Å². The maximum absolute atomic E-state index is 12.3. The number of aromatic nitrogens is 2. The van der Waals surface area contributed by atoms with Gasteiger partial charge in [-0.3, -0.25) is 14.2 Å². The molecule has 2 aromatic carbocycles. The van der Waals surface area contributed by atoms with E-state index in [1.165, 1.54) is 10.6 Å².